The number of benzene rings is 1. The number of nitrogens with zero attached hydrogens (tertiary/aromatic N) is 2. The van der Waals surface area contributed by atoms with Crippen molar-refractivity contribution in [3.8, 4) is 0 Å². The van der Waals surface area contributed by atoms with Crippen LogP contribution >= 0.6 is 24.8 Å². The van der Waals surface area contributed by atoms with Gasteiger partial charge in [-0.3, -0.25) is 4.79 Å². The average Bonchev–Trinajstić information content (AvgIpc) is 2.66. The minimum atomic E-state index is -0.00254. The van der Waals surface area contributed by atoms with Crippen molar-refractivity contribution in [2.24, 2.45) is 11.1 Å². The number of carbonyl (C=O) groups excluding carboxylic acids is 1. The lowest BCUT2D eigenvalue weighted by molar-refractivity contribution is -0.124. The Balaban J connectivity index is 0.00000196. The highest BCUT2D eigenvalue weighted by Gasteiger charge is 2.32. The first-order chi connectivity index (χ1) is 12.5. The number of para-hydroxylation sites is 1. The van der Waals surface area contributed by atoms with Gasteiger partial charge in [0, 0.05) is 32.4 Å². The summed E-state index contributed by atoms with van der Waals surface area (Å²) < 4.78 is 0. The van der Waals surface area contributed by atoms with Crippen LogP contribution in [-0.4, -0.2) is 31.5 Å². The molecule has 28 heavy (non-hydrogen) atoms. The molecule has 7 heteroatoms. The molecule has 1 amide bonds. The second kappa shape index (κ2) is 10.8. The second-order valence-corrected chi connectivity index (χ2v) is 7.77. The number of hydrogen-bond acceptors (Lipinski definition) is 4. The minimum absolute atomic E-state index is 0. The Labute approximate surface area is 180 Å². The lowest BCUT2D eigenvalue weighted by Gasteiger charge is -2.35. The fourth-order valence-corrected chi connectivity index (χ4v) is 3.96. The number of nitrogens with two attached hydrogens (primary N) is 1. The van der Waals surface area contributed by atoms with Crippen LogP contribution < -0.4 is 16.0 Å². The van der Waals surface area contributed by atoms with Gasteiger partial charge in [0.1, 0.15) is 5.82 Å². The quantitative estimate of drug-likeness (QED) is 0.730. The lowest BCUT2D eigenvalue weighted by atomic mass is 9.71. The number of carbonyl (C=O) groups is 1. The summed E-state index contributed by atoms with van der Waals surface area (Å²) >= 11 is 0. The summed E-state index contributed by atoms with van der Waals surface area (Å²) in [6.07, 6.45) is 6.31. The average molecular weight is 427 g/mol. The van der Waals surface area contributed by atoms with Crippen LogP contribution in [0.25, 0.3) is 10.9 Å². The van der Waals surface area contributed by atoms with E-state index in [0.717, 1.165) is 35.1 Å². The molecule has 156 valence electrons. The molecule has 0 atom stereocenters. The first kappa shape index (κ1) is 24.5. The van der Waals surface area contributed by atoms with Crippen LogP contribution in [0.15, 0.2) is 30.3 Å². The minimum Gasteiger partial charge on any atom is -0.363 e. The van der Waals surface area contributed by atoms with Crippen molar-refractivity contribution in [1.82, 2.24) is 10.3 Å². The summed E-state index contributed by atoms with van der Waals surface area (Å²) in [6.45, 7) is 1.12. The summed E-state index contributed by atoms with van der Waals surface area (Å²) in [5.74, 6) is 1.00. The monoisotopic (exact) mass is 426 g/mol. The molecule has 0 radical (unpaired) electrons. The van der Waals surface area contributed by atoms with Gasteiger partial charge in [-0.15, -0.1) is 24.8 Å². The van der Waals surface area contributed by atoms with Gasteiger partial charge in [-0.05, 0) is 42.5 Å². The summed E-state index contributed by atoms with van der Waals surface area (Å²) in [7, 11) is 3.96. The highest BCUT2D eigenvalue weighted by molar-refractivity contribution is 5.86. The lowest BCUT2D eigenvalue weighted by Crippen LogP contribution is -2.38. The third-order valence-electron chi connectivity index (χ3n) is 5.61. The zero-order chi connectivity index (χ0) is 18.6. The summed E-state index contributed by atoms with van der Waals surface area (Å²) in [4.78, 5) is 19.3. The fraction of sp³-hybridized carbons (Fsp3) is 0.524. The largest absolute Gasteiger partial charge is 0.363 e. The summed E-state index contributed by atoms with van der Waals surface area (Å²) in [5.41, 5.74) is 8.07. The van der Waals surface area contributed by atoms with E-state index in [2.05, 4.69) is 22.4 Å². The third-order valence-corrected chi connectivity index (χ3v) is 5.61. The Kier molecular flexibility index (Phi) is 9.48. The molecule has 0 bridgehead atoms. The topological polar surface area (TPSA) is 71.2 Å². The number of rotatable bonds is 6. The summed E-state index contributed by atoms with van der Waals surface area (Å²) in [5, 5.41) is 4.21. The van der Waals surface area contributed by atoms with E-state index in [4.69, 9.17) is 5.73 Å². The molecule has 1 aromatic heterocycles. The van der Waals surface area contributed by atoms with Crippen molar-refractivity contribution in [2.75, 3.05) is 25.5 Å². The third kappa shape index (κ3) is 5.72. The van der Waals surface area contributed by atoms with E-state index >= 15 is 0 Å². The van der Waals surface area contributed by atoms with Crippen molar-refractivity contribution in [3.63, 3.8) is 0 Å². The Morgan fingerprint density at radius 2 is 1.86 bits per heavy atom. The molecule has 1 heterocycles. The molecule has 1 saturated carbocycles. The van der Waals surface area contributed by atoms with Gasteiger partial charge in [-0.25, -0.2) is 4.98 Å². The molecular weight excluding hydrogens is 395 g/mol. The molecule has 2 aromatic rings. The van der Waals surface area contributed by atoms with E-state index < -0.39 is 0 Å². The van der Waals surface area contributed by atoms with Crippen LogP contribution in [0.4, 0.5) is 5.82 Å². The highest BCUT2D eigenvalue weighted by atomic mass is 35.5. The van der Waals surface area contributed by atoms with Crippen molar-refractivity contribution < 1.29 is 4.79 Å². The Bertz CT molecular complexity index is 776. The molecule has 1 aliphatic carbocycles. The van der Waals surface area contributed by atoms with Gasteiger partial charge in [0.2, 0.25) is 5.91 Å². The number of nitrogens with one attached hydrogen (secondary N) is 1. The molecule has 3 rings (SSSR count). The standard InChI is InChI=1S/C21H30N4O.2ClH/c1-25(2)19-12-16(17-8-4-5-9-18(17)24-19)14-23-20(26)13-21(15-22)10-6-3-7-11-21;;/h4-5,8-9,12H,3,6-7,10-11,13-15,22H2,1-2H3,(H,23,26);2*1H. The van der Waals surface area contributed by atoms with Crippen molar-refractivity contribution in [3.05, 3.63) is 35.9 Å². The van der Waals surface area contributed by atoms with Gasteiger partial charge >= 0.3 is 0 Å². The normalized spacial score (nSPS) is 15.2. The SMILES string of the molecule is CN(C)c1cc(CNC(=O)CC2(CN)CCCCC2)c2ccccc2n1.Cl.Cl. The zero-order valence-corrected chi connectivity index (χ0v) is 18.4. The van der Waals surface area contributed by atoms with Gasteiger partial charge in [0.25, 0.3) is 0 Å². The smallest absolute Gasteiger partial charge is 0.220 e. The Hall–Kier alpha value is -1.56. The van der Waals surface area contributed by atoms with Crippen molar-refractivity contribution in [1.29, 1.82) is 0 Å². The van der Waals surface area contributed by atoms with Crippen LogP contribution in [0.5, 0.6) is 0 Å². The van der Waals surface area contributed by atoms with Crippen LogP contribution in [-0.2, 0) is 11.3 Å². The fourth-order valence-electron chi connectivity index (χ4n) is 3.96. The van der Waals surface area contributed by atoms with E-state index in [9.17, 15) is 4.79 Å². The number of pyridine rings is 1. The van der Waals surface area contributed by atoms with E-state index in [0.29, 0.717) is 19.5 Å². The zero-order valence-electron chi connectivity index (χ0n) is 16.7. The van der Waals surface area contributed by atoms with Crippen LogP contribution in [0.3, 0.4) is 0 Å². The summed E-state index contributed by atoms with van der Waals surface area (Å²) in [6, 6.07) is 10.1. The maximum Gasteiger partial charge on any atom is 0.220 e. The van der Waals surface area contributed by atoms with E-state index in [1.165, 1.54) is 19.3 Å². The number of halogens is 2. The van der Waals surface area contributed by atoms with Gasteiger partial charge < -0.3 is 16.0 Å². The number of hydrogen-bond donors (Lipinski definition) is 2. The van der Waals surface area contributed by atoms with Gasteiger partial charge in [-0.2, -0.15) is 0 Å². The molecule has 1 aromatic carbocycles. The molecule has 1 aliphatic rings. The number of anilines is 1. The van der Waals surface area contributed by atoms with Crippen LogP contribution in [0, 0.1) is 5.41 Å². The maximum atomic E-state index is 12.6. The predicted molar refractivity (Wildman–Crippen MR) is 122 cm³/mol. The van der Waals surface area contributed by atoms with Gasteiger partial charge in [-0.1, -0.05) is 37.5 Å². The molecule has 0 aliphatic heterocycles. The molecule has 0 unspecified atom stereocenters. The molecule has 5 nitrogen and oxygen atoms in total. The van der Waals surface area contributed by atoms with E-state index in [1.54, 1.807) is 0 Å². The first-order valence-corrected chi connectivity index (χ1v) is 9.56. The molecule has 1 fully saturated rings. The number of fused-ring (bicyclic) bond motifs is 1. The number of aromatic nitrogens is 1. The second-order valence-electron chi connectivity index (χ2n) is 7.77. The Morgan fingerprint density at radius 1 is 1.18 bits per heavy atom. The van der Waals surface area contributed by atoms with Crippen LogP contribution in [0.2, 0.25) is 0 Å². The van der Waals surface area contributed by atoms with Gasteiger partial charge in [0.15, 0.2) is 0 Å². The molecule has 0 spiro atoms. The van der Waals surface area contributed by atoms with E-state index in [-0.39, 0.29) is 36.1 Å². The highest BCUT2D eigenvalue weighted by Crippen LogP contribution is 2.38. The Morgan fingerprint density at radius 3 is 2.50 bits per heavy atom. The first-order valence-electron chi connectivity index (χ1n) is 9.56. The predicted octanol–water partition coefficient (Wildman–Crippen LogP) is 4.06. The van der Waals surface area contributed by atoms with Crippen molar-refractivity contribution in [2.45, 2.75) is 45.1 Å². The van der Waals surface area contributed by atoms with Gasteiger partial charge in [0.05, 0.1) is 5.52 Å². The van der Waals surface area contributed by atoms with E-state index in [1.807, 2.05) is 37.2 Å². The maximum absolute atomic E-state index is 12.6. The molecule has 3 N–H and O–H groups in total. The van der Waals surface area contributed by atoms with Crippen molar-refractivity contribution >= 4 is 47.4 Å². The molecule has 0 saturated heterocycles. The number of amides is 1. The molecular formula is C21H32Cl2N4O. The van der Waals surface area contributed by atoms with Crippen LogP contribution in [0.1, 0.15) is 44.1 Å².